The van der Waals surface area contributed by atoms with E-state index in [4.69, 9.17) is 4.74 Å². The summed E-state index contributed by atoms with van der Waals surface area (Å²) in [6, 6.07) is 7.95. The molecular formula is C13H13N3O3S. The molecule has 0 bridgehead atoms. The highest BCUT2D eigenvalue weighted by Crippen LogP contribution is 2.30. The molecule has 7 heteroatoms. The van der Waals surface area contributed by atoms with Gasteiger partial charge in [-0.25, -0.2) is 4.98 Å². The van der Waals surface area contributed by atoms with Crippen LogP contribution in [-0.4, -0.2) is 36.2 Å². The molecule has 1 fully saturated rings. The number of anilines is 1. The van der Waals surface area contributed by atoms with Crippen molar-refractivity contribution in [3.63, 3.8) is 0 Å². The summed E-state index contributed by atoms with van der Waals surface area (Å²) >= 11 is 1.09. The molecule has 2 heterocycles. The Hall–Kier alpha value is -1.99. The maximum atomic E-state index is 10.7. The lowest BCUT2D eigenvalue weighted by Gasteiger charge is -2.28. The van der Waals surface area contributed by atoms with Crippen molar-refractivity contribution >= 4 is 22.0 Å². The van der Waals surface area contributed by atoms with Gasteiger partial charge in [0.2, 0.25) is 0 Å². The second-order valence-corrected chi connectivity index (χ2v) is 5.42. The number of rotatable bonds is 3. The van der Waals surface area contributed by atoms with E-state index in [0.29, 0.717) is 5.01 Å². The largest absolute Gasteiger partial charge is 0.378 e. The lowest BCUT2D eigenvalue weighted by molar-refractivity contribution is -0.380. The smallest absolute Gasteiger partial charge is 0.344 e. The molecule has 0 amide bonds. The molecule has 0 unspecified atom stereocenters. The average Bonchev–Trinajstić information content (AvgIpc) is 2.98. The van der Waals surface area contributed by atoms with Crippen molar-refractivity contribution in [3.05, 3.63) is 40.6 Å². The number of hydrogen-bond donors (Lipinski definition) is 0. The molecular weight excluding hydrogens is 278 g/mol. The lowest BCUT2D eigenvalue weighted by atomic mass is 10.2. The maximum absolute atomic E-state index is 10.7. The molecule has 1 aliphatic heterocycles. The van der Waals surface area contributed by atoms with Crippen molar-refractivity contribution < 1.29 is 9.66 Å². The summed E-state index contributed by atoms with van der Waals surface area (Å²) in [6.07, 6.45) is 1.30. The molecule has 0 atom stereocenters. The SMILES string of the molecule is O=[N+]([O-])c1cnc(-c2ccc(N3CCOCC3)cc2)s1. The van der Waals surface area contributed by atoms with E-state index >= 15 is 0 Å². The van der Waals surface area contributed by atoms with Crippen LogP contribution in [-0.2, 0) is 4.74 Å². The van der Waals surface area contributed by atoms with Crippen LogP contribution in [0.5, 0.6) is 0 Å². The lowest BCUT2D eigenvalue weighted by Crippen LogP contribution is -2.36. The van der Waals surface area contributed by atoms with Crippen LogP contribution in [0, 0.1) is 10.1 Å². The fraction of sp³-hybridized carbons (Fsp3) is 0.308. The molecule has 3 rings (SSSR count). The normalized spacial score (nSPS) is 15.3. The highest BCUT2D eigenvalue weighted by Gasteiger charge is 2.14. The summed E-state index contributed by atoms with van der Waals surface area (Å²) in [4.78, 5) is 16.6. The summed E-state index contributed by atoms with van der Waals surface area (Å²) in [7, 11) is 0. The Labute approximate surface area is 119 Å². The maximum Gasteiger partial charge on any atom is 0.344 e. The van der Waals surface area contributed by atoms with E-state index < -0.39 is 4.92 Å². The van der Waals surface area contributed by atoms with Crippen molar-refractivity contribution in [1.29, 1.82) is 0 Å². The van der Waals surface area contributed by atoms with Gasteiger partial charge < -0.3 is 9.64 Å². The predicted molar refractivity (Wildman–Crippen MR) is 77.2 cm³/mol. The number of hydrogen-bond acceptors (Lipinski definition) is 6. The quantitative estimate of drug-likeness (QED) is 0.642. The number of morpholine rings is 1. The van der Waals surface area contributed by atoms with Gasteiger partial charge in [-0.3, -0.25) is 10.1 Å². The van der Waals surface area contributed by atoms with Crippen LogP contribution >= 0.6 is 11.3 Å². The number of nitrogens with zero attached hydrogens (tertiary/aromatic N) is 3. The van der Waals surface area contributed by atoms with Crippen LogP contribution in [0.4, 0.5) is 10.7 Å². The third-order valence-electron chi connectivity index (χ3n) is 3.16. The molecule has 2 aromatic rings. The van der Waals surface area contributed by atoms with Gasteiger partial charge in [-0.1, -0.05) is 0 Å². The molecule has 0 aliphatic carbocycles. The highest BCUT2D eigenvalue weighted by molar-refractivity contribution is 7.18. The summed E-state index contributed by atoms with van der Waals surface area (Å²) in [6.45, 7) is 3.28. The van der Waals surface area contributed by atoms with Gasteiger partial charge in [0.1, 0.15) is 11.2 Å². The molecule has 104 valence electrons. The molecule has 0 spiro atoms. The minimum absolute atomic E-state index is 0.0669. The Kier molecular flexibility index (Phi) is 3.62. The first-order valence-electron chi connectivity index (χ1n) is 6.27. The molecule has 1 aromatic heterocycles. The van der Waals surface area contributed by atoms with Gasteiger partial charge >= 0.3 is 5.00 Å². The number of nitro groups is 1. The van der Waals surface area contributed by atoms with Gasteiger partial charge in [-0.05, 0) is 35.6 Å². The van der Waals surface area contributed by atoms with Crippen LogP contribution in [0.15, 0.2) is 30.5 Å². The Morgan fingerprint density at radius 3 is 2.55 bits per heavy atom. The number of ether oxygens (including phenoxy) is 1. The number of aromatic nitrogens is 1. The van der Waals surface area contributed by atoms with E-state index in [1.54, 1.807) is 0 Å². The Morgan fingerprint density at radius 2 is 1.95 bits per heavy atom. The van der Waals surface area contributed by atoms with Crippen molar-refractivity contribution in [2.75, 3.05) is 31.2 Å². The van der Waals surface area contributed by atoms with Gasteiger partial charge in [0.15, 0.2) is 0 Å². The minimum atomic E-state index is -0.413. The first-order valence-corrected chi connectivity index (χ1v) is 7.09. The van der Waals surface area contributed by atoms with Gasteiger partial charge in [0, 0.05) is 24.3 Å². The van der Waals surface area contributed by atoms with E-state index in [-0.39, 0.29) is 5.00 Å². The van der Waals surface area contributed by atoms with Crippen LogP contribution in [0.25, 0.3) is 10.6 Å². The topological polar surface area (TPSA) is 68.5 Å². The molecule has 0 saturated carbocycles. The Bertz CT molecular complexity index is 606. The van der Waals surface area contributed by atoms with Crippen molar-refractivity contribution in [2.45, 2.75) is 0 Å². The van der Waals surface area contributed by atoms with Crippen molar-refractivity contribution in [1.82, 2.24) is 4.98 Å². The third kappa shape index (κ3) is 2.63. The number of thiazole rings is 1. The monoisotopic (exact) mass is 291 g/mol. The average molecular weight is 291 g/mol. The van der Waals surface area contributed by atoms with Crippen molar-refractivity contribution in [3.8, 4) is 10.6 Å². The van der Waals surface area contributed by atoms with Gasteiger partial charge in [0.05, 0.1) is 18.1 Å². The zero-order valence-corrected chi connectivity index (χ0v) is 11.5. The zero-order valence-electron chi connectivity index (χ0n) is 10.7. The second-order valence-electron chi connectivity index (χ2n) is 4.41. The van der Waals surface area contributed by atoms with E-state index in [2.05, 4.69) is 9.88 Å². The summed E-state index contributed by atoms with van der Waals surface area (Å²) in [5.74, 6) is 0. The van der Waals surface area contributed by atoms with E-state index in [9.17, 15) is 10.1 Å². The van der Waals surface area contributed by atoms with Gasteiger partial charge in [-0.15, -0.1) is 0 Å². The van der Waals surface area contributed by atoms with E-state index in [1.165, 1.54) is 6.20 Å². The van der Waals surface area contributed by atoms with Crippen LogP contribution in [0.1, 0.15) is 0 Å². The number of benzene rings is 1. The zero-order chi connectivity index (χ0) is 13.9. The van der Waals surface area contributed by atoms with Gasteiger partial charge in [0.25, 0.3) is 0 Å². The standard InChI is InChI=1S/C13H13N3O3S/c17-16(18)12-9-14-13(20-12)10-1-3-11(4-2-10)15-5-7-19-8-6-15/h1-4,9H,5-8H2. The fourth-order valence-electron chi connectivity index (χ4n) is 2.12. The fourth-order valence-corrected chi connectivity index (χ4v) is 2.86. The minimum Gasteiger partial charge on any atom is -0.378 e. The summed E-state index contributed by atoms with van der Waals surface area (Å²) in [5.41, 5.74) is 2.04. The van der Waals surface area contributed by atoms with E-state index in [1.807, 2.05) is 24.3 Å². The molecule has 0 N–H and O–H groups in total. The molecule has 20 heavy (non-hydrogen) atoms. The second kappa shape index (κ2) is 5.56. The summed E-state index contributed by atoms with van der Waals surface area (Å²) in [5, 5.41) is 11.4. The van der Waals surface area contributed by atoms with Crippen LogP contribution in [0.2, 0.25) is 0 Å². The van der Waals surface area contributed by atoms with Gasteiger partial charge in [-0.2, -0.15) is 0 Å². The van der Waals surface area contributed by atoms with E-state index in [0.717, 1.165) is 48.9 Å². The van der Waals surface area contributed by atoms with Crippen molar-refractivity contribution in [2.24, 2.45) is 0 Å². The predicted octanol–water partition coefficient (Wildman–Crippen LogP) is 2.55. The first-order chi connectivity index (χ1) is 9.74. The van der Waals surface area contributed by atoms with Crippen LogP contribution < -0.4 is 4.90 Å². The molecule has 1 saturated heterocycles. The Morgan fingerprint density at radius 1 is 1.25 bits per heavy atom. The summed E-state index contributed by atoms with van der Waals surface area (Å²) < 4.78 is 5.33. The third-order valence-corrected chi connectivity index (χ3v) is 4.16. The molecule has 1 aromatic carbocycles. The molecule has 6 nitrogen and oxygen atoms in total. The first kappa shape index (κ1) is 13.0. The highest BCUT2D eigenvalue weighted by atomic mass is 32.1. The molecule has 0 radical (unpaired) electrons. The van der Waals surface area contributed by atoms with Crippen LogP contribution in [0.3, 0.4) is 0 Å². The Balaban J connectivity index is 1.79. The molecule has 1 aliphatic rings.